The first kappa shape index (κ1) is 12.1. The fourth-order valence-corrected chi connectivity index (χ4v) is 1.43. The van der Waals surface area contributed by atoms with Gasteiger partial charge in [0.05, 0.1) is 0 Å². The lowest BCUT2D eigenvalue weighted by molar-refractivity contribution is 0.112. The smallest absolute Gasteiger partial charge is 0.152 e. The molecule has 0 N–H and O–H groups in total. The molecule has 0 heterocycles. The van der Waals surface area contributed by atoms with Crippen molar-refractivity contribution in [1.82, 2.24) is 0 Å². The predicted molar refractivity (Wildman–Crippen MR) is 65.0 cm³/mol. The Bertz CT molecular complexity index is 368. The summed E-state index contributed by atoms with van der Waals surface area (Å²) in [7, 11) is 1.96. The quantitative estimate of drug-likeness (QED) is 0.720. The number of nitrogens with zero attached hydrogens (tertiary/aromatic N) is 1. The first-order chi connectivity index (χ1) is 6.86. The molecule has 2 nitrogen and oxygen atoms in total. The van der Waals surface area contributed by atoms with Gasteiger partial charge in [-0.1, -0.05) is 11.6 Å². The van der Waals surface area contributed by atoms with Crippen molar-refractivity contribution in [3.05, 3.63) is 28.8 Å². The molecule has 0 aromatic heterocycles. The normalized spacial score (nSPS) is 11.3. The fraction of sp³-hybridized carbons (Fsp3) is 0.417. The van der Waals surface area contributed by atoms with Crippen LogP contribution >= 0.6 is 11.6 Å². The molecule has 0 saturated carbocycles. The summed E-state index contributed by atoms with van der Waals surface area (Å²) in [6.45, 7) is 6.26. The highest BCUT2D eigenvalue weighted by atomic mass is 35.5. The molecular formula is C12H16ClNO. The molecule has 1 aromatic rings. The molecule has 0 aliphatic carbocycles. The lowest BCUT2D eigenvalue weighted by Crippen LogP contribution is -2.38. The summed E-state index contributed by atoms with van der Waals surface area (Å²) >= 11 is 5.93. The molecule has 0 amide bonds. The van der Waals surface area contributed by atoms with Gasteiger partial charge in [0.15, 0.2) is 6.29 Å². The number of aldehydes is 1. The van der Waals surface area contributed by atoms with Gasteiger partial charge in [0, 0.05) is 28.9 Å². The molecule has 82 valence electrons. The third-order valence-corrected chi connectivity index (χ3v) is 2.72. The first-order valence-corrected chi connectivity index (χ1v) is 5.22. The molecule has 0 bridgehead atoms. The van der Waals surface area contributed by atoms with Crippen molar-refractivity contribution in [2.75, 3.05) is 11.9 Å². The van der Waals surface area contributed by atoms with Gasteiger partial charge in [0.1, 0.15) is 0 Å². The Kier molecular flexibility index (Phi) is 3.40. The highest BCUT2D eigenvalue weighted by Crippen LogP contribution is 2.27. The monoisotopic (exact) mass is 225 g/mol. The van der Waals surface area contributed by atoms with Crippen LogP contribution in [0.2, 0.25) is 5.02 Å². The molecule has 0 unspecified atom stereocenters. The zero-order valence-corrected chi connectivity index (χ0v) is 10.3. The summed E-state index contributed by atoms with van der Waals surface area (Å²) in [6.07, 6.45) is 0.855. The van der Waals surface area contributed by atoms with Gasteiger partial charge < -0.3 is 4.90 Å². The maximum Gasteiger partial charge on any atom is 0.152 e. The second-order valence-electron chi connectivity index (χ2n) is 4.55. The average molecular weight is 226 g/mol. The Morgan fingerprint density at radius 2 is 1.93 bits per heavy atom. The fourth-order valence-electron chi connectivity index (χ4n) is 1.27. The standard InChI is InChI=1S/C12H16ClNO/c1-12(2,3)14(4)11-7-10(13)6-5-9(11)8-15/h5-8H,1-4H3. The SMILES string of the molecule is CN(c1cc(Cl)ccc1C=O)C(C)(C)C. The third-order valence-electron chi connectivity index (χ3n) is 2.49. The van der Waals surface area contributed by atoms with Crippen LogP contribution in [-0.4, -0.2) is 18.9 Å². The minimum absolute atomic E-state index is 0.0392. The number of carbonyl (C=O) groups excluding carboxylic acids is 1. The maximum absolute atomic E-state index is 10.9. The van der Waals surface area contributed by atoms with E-state index >= 15 is 0 Å². The maximum atomic E-state index is 10.9. The highest BCUT2D eigenvalue weighted by molar-refractivity contribution is 6.31. The third kappa shape index (κ3) is 2.72. The Morgan fingerprint density at radius 3 is 2.40 bits per heavy atom. The number of halogens is 1. The molecule has 1 aromatic carbocycles. The topological polar surface area (TPSA) is 20.3 Å². The number of carbonyl (C=O) groups is 1. The van der Waals surface area contributed by atoms with Gasteiger partial charge in [-0.2, -0.15) is 0 Å². The van der Waals surface area contributed by atoms with E-state index in [1.807, 2.05) is 18.0 Å². The van der Waals surface area contributed by atoms with Gasteiger partial charge in [-0.25, -0.2) is 0 Å². The Balaban J connectivity index is 3.22. The van der Waals surface area contributed by atoms with Gasteiger partial charge in [0.2, 0.25) is 0 Å². The van der Waals surface area contributed by atoms with Gasteiger partial charge in [0.25, 0.3) is 0 Å². The number of benzene rings is 1. The number of hydrogen-bond donors (Lipinski definition) is 0. The van der Waals surface area contributed by atoms with E-state index in [2.05, 4.69) is 20.8 Å². The van der Waals surface area contributed by atoms with Crippen molar-refractivity contribution in [2.24, 2.45) is 0 Å². The Morgan fingerprint density at radius 1 is 1.33 bits per heavy atom. The number of rotatable bonds is 2. The molecule has 0 atom stereocenters. The van der Waals surface area contributed by atoms with Crippen molar-refractivity contribution in [2.45, 2.75) is 26.3 Å². The molecule has 0 radical (unpaired) electrons. The van der Waals surface area contributed by atoms with Crippen LogP contribution in [0.4, 0.5) is 5.69 Å². The zero-order valence-electron chi connectivity index (χ0n) is 9.54. The van der Waals surface area contributed by atoms with Crippen LogP contribution in [0.3, 0.4) is 0 Å². The Labute approximate surface area is 95.8 Å². The van der Waals surface area contributed by atoms with E-state index in [4.69, 9.17) is 11.6 Å². The van der Waals surface area contributed by atoms with Crippen LogP contribution < -0.4 is 4.90 Å². The summed E-state index contributed by atoms with van der Waals surface area (Å²) < 4.78 is 0. The highest BCUT2D eigenvalue weighted by Gasteiger charge is 2.19. The first-order valence-electron chi connectivity index (χ1n) is 4.85. The van der Waals surface area contributed by atoms with Gasteiger partial charge in [-0.3, -0.25) is 4.79 Å². The summed E-state index contributed by atoms with van der Waals surface area (Å²) in [5.74, 6) is 0. The molecule has 0 aliphatic heterocycles. The van der Waals surface area contributed by atoms with E-state index in [0.717, 1.165) is 12.0 Å². The van der Waals surface area contributed by atoms with Crippen molar-refractivity contribution in [1.29, 1.82) is 0 Å². The van der Waals surface area contributed by atoms with Gasteiger partial charge in [-0.15, -0.1) is 0 Å². The number of anilines is 1. The molecule has 0 spiro atoms. The minimum atomic E-state index is -0.0392. The van der Waals surface area contributed by atoms with E-state index in [1.54, 1.807) is 12.1 Å². The van der Waals surface area contributed by atoms with Crippen LogP contribution in [0, 0.1) is 0 Å². The second kappa shape index (κ2) is 4.23. The summed E-state index contributed by atoms with van der Waals surface area (Å²) in [5.41, 5.74) is 1.49. The molecule has 3 heteroatoms. The van der Waals surface area contributed by atoms with Crippen molar-refractivity contribution in [3.63, 3.8) is 0 Å². The minimum Gasteiger partial charge on any atom is -0.369 e. The predicted octanol–water partition coefficient (Wildman–Crippen LogP) is 3.39. The van der Waals surface area contributed by atoms with Crippen LogP contribution in [0.5, 0.6) is 0 Å². The molecule has 0 saturated heterocycles. The van der Waals surface area contributed by atoms with Crippen molar-refractivity contribution in [3.8, 4) is 0 Å². The summed E-state index contributed by atoms with van der Waals surface area (Å²) in [4.78, 5) is 12.9. The Hall–Kier alpha value is -1.02. The van der Waals surface area contributed by atoms with Crippen molar-refractivity contribution < 1.29 is 4.79 Å². The summed E-state index contributed by atoms with van der Waals surface area (Å²) in [5, 5.41) is 0.645. The molecule has 15 heavy (non-hydrogen) atoms. The van der Waals surface area contributed by atoms with Gasteiger partial charge in [-0.05, 0) is 39.0 Å². The van der Waals surface area contributed by atoms with Crippen LogP contribution in [0.25, 0.3) is 0 Å². The zero-order chi connectivity index (χ0) is 11.6. The van der Waals surface area contributed by atoms with Crippen molar-refractivity contribution >= 4 is 23.6 Å². The lowest BCUT2D eigenvalue weighted by atomic mass is 10.0. The van der Waals surface area contributed by atoms with Crippen LogP contribution in [0.1, 0.15) is 31.1 Å². The molecular weight excluding hydrogens is 210 g/mol. The second-order valence-corrected chi connectivity index (χ2v) is 4.99. The molecule has 1 rings (SSSR count). The van der Waals surface area contributed by atoms with E-state index in [1.165, 1.54) is 0 Å². The summed E-state index contributed by atoms with van der Waals surface area (Å²) in [6, 6.07) is 5.29. The van der Waals surface area contributed by atoms with E-state index < -0.39 is 0 Å². The largest absolute Gasteiger partial charge is 0.369 e. The average Bonchev–Trinajstić information content (AvgIpc) is 2.15. The number of hydrogen-bond acceptors (Lipinski definition) is 2. The lowest BCUT2D eigenvalue weighted by Gasteiger charge is -2.35. The molecule has 0 aliphatic rings. The van der Waals surface area contributed by atoms with E-state index in [0.29, 0.717) is 10.6 Å². The van der Waals surface area contributed by atoms with Crippen LogP contribution in [0.15, 0.2) is 18.2 Å². The van der Waals surface area contributed by atoms with Crippen LogP contribution in [-0.2, 0) is 0 Å². The van der Waals surface area contributed by atoms with E-state index in [-0.39, 0.29) is 5.54 Å². The van der Waals surface area contributed by atoms with E-state index in [9.17, 15) is 4.79 Å². The molecule has 0 fully saturated rings. The van der Waals surface area contributed by atoms with Gasteiger partial charge >= 0.3 is 0 Å².